The summed E-state index contributed by atoms with van der Waals surface area (Å²) >= 11 is 3.41. The van der Waals surface area contributed by atoms with Gasteiger partial charge in [-0.2, -0.15) is 5.26 Å². The van der Waals surface area contributed by atoms with Gasteiger partial charge in [0, 0.05) is 4.47 Å². The Bertz CT molecular complexity index is 399. The number of rotatable bonds is 2. The van der Waals surface area contributed by atoms with Gasteiger partial charge >= 0.3 is 0 Å². The first-order chi connectivity index (χ1) is 6.73. The van der Waals surface area contributed by atoms with E-state index in [1.54, 1.807) is 0 Å². The van der Waals surface area contributed by atoms with Crippen molar-refractivity contribution in [1.29, 1.82) is 5.26 Å². The number of hydrogen-bond donors (Lipinski definition) is 0. The summed E-state index contributed by atoms with van der Waals surface area (Å²) in [4.78, 5) is 0. The number of nitrogens with zero attached hydrogens (tertiary/aromatic N) is 1. The smallest absolute Gasteiger partial charge is 0.178 e. The minimum absolute atomic E-state index is 0.276. The Kier molecular flexibility index (Phi) is 2.34. The van der Waals surface area contributed by atoms with Crippen LogP contribution in [0, 0.1) is 11.3 Å². The zero-order valence-electron chi connectivity index (χ0n) is 7.83. The van der Waals surface area contributed by atoms with Crippen LogP contribution in [0.25, 0.3) is 0 Å². The summed E-state index contributed by atoms with van der Waals surface area (Å²) in [5.74, 6) is 0. The SMILES string of the molecule is CCC1(c2cccc(Br)c2)OC1C#N. The molecule has 3 heteroatoms. The summed E-state index contributed by atoms with van der Waals surface area (Å²) < 4.78 is 6.49. The quantitative estimate of drug-likeness (QED) is 0.758. The molecule has 1 aliphatic heterocycles. The molecule has 0 aliphatic carbocycles. The molecule has 2 atom stereocenters. The first-order valence-corrected chi connectivity index (χ1v) is 5.35. The number of ether oxygens (including phenoxy) is 1. The third-order valence-corrected chi connectivity index (χ3v) is 3.14. The molecule has 1 aromatic rings. The van der Waals surface area contributed by atoms with E-state index < -0.39 is 0 Å². The van der Waals surface area contributed by atoms with E-state index in [9.17, 15) is 0 Å². The molecule has 1 heterocycles. The molecule has 0 bridgehead atoms. The highest BCUT2D eigenvalue weighted by Crippen LogP contribution is 2.48. The topological polar surface area (TPSA) is 36.3 Å². The second kappa shape index (κ2) is 3.38. The highest BCUT2D eigenvalue weighted by molar-refractivity contribution is 9.10. The van der Waals surface area contributed by atoms with Crippen LogP contribution in [0.3, 0.4) is 0 Å². The highest BCUT2D eigenvalue weighted by Gasteiger charge is 2.56. The zero-order chi connectivity index (χ0) is 10.2. The average Bonchev–Trinajstić information content (AvgIpc) is 2.93. The van der Waals surface area contributed by atoms with E-state index in [1.807, 2.05) is 31.2 Å². The van der Waals surface area contributed by atoms with E-state index in [-0.39, 0.29) is 11.7 Å². The molecule has 0 spiro atoms. The molecule has 2 nitrogen and oxygen atoms in total. The van der Waals surface area contributed by atoms with Gasteiger partial charge in [0.25, 0.3) is 0 Å². The summed E-state index contributed by atoms with van der Waals surface area (Å²) in [5, 5.41) is 8.82. The lowest BCUT2D eigenvalue weighted by Crippen LogP contribution is -2.10. The average molecular weight is 252 g/mol. The summed E-state index contributed by atoms with van der Waals surface area (Å²) in [6.45, 7) is 2.04. The second-order valence-corrected chi connectivity index (χ2v) is 4.30. The molecule has 2 rings (SSSR count). The molecule has 1 aliphatic rings. The zero-order valence-corrected chi connectivity index (χ0v) is 9.41. The lowest BCUT2D eigenvalue weighted by atomic mass is 9.93. The lowest BCUT2D eigenvalue weighted by Gasteiger charge is -2.09. The Morgan fingerprint density at radius 1 is 1.64 bits per heavy atom. The molecular formula is C11H10BrNO. The van der Waals surface area contributed by atoms with Crippen LogP contribution in [0.4, 0.5) is 0 Å². The number of hydrogen-bond acceptors (Lipinski definition) is 2. The van der Waals surface area contributed by atoms with Crippen LogP contribution in [0.2, 0.25) is 0 Å². The van der Waals surface area contributed by atoms with Crippen molar-refractivity contribution in [3.8, 4) is 6.07 Å². The Labute approximate surface area is 91.6 Å². The van der Waals surface area contributed by atoms with E-state index in [0.717, 1.165) is 16.5 Å². The fourth-order valence-electron chi connectivity index (χ4n) is 1.75. The van der Waals surface area contributed by atoms with Crippen LogP contribution in [0.5, 0.6) is 0 Å². The molecule has 0 radical (unpaired) electrons. The third-order valence-electron chi connectivity index (χ3n) is 2.65. The largest absolute Gasteiger partial charge is 0.345 e. The Hall–Kier alpha value is -0.850. The molecule has 1 aromatic carbocycles. The van der Waals surface area contributed by atoms with Crippen LogP contribution < -0.4 is 0 Å². The minimum atomic E-state index is -0.349. The fourth-order valence-corrected chi connectivity index (χ4v) is 2.15. The molecule has 0 saturated carbocycles. The van der Waals surface area contributed by atoms with Gasteiger partial charge in [-0.3, -0.25) is 0 Å². The summed E-state index contributed by atoms with van der Waals surface area (Å²) in [7, 11) is 0. The Balaban J connectivity index is 2.36. The van der Waals surface area contributed by atoms with Crippen LogP contribution in [0.15, 0.2) is 28.7 Å². The molecule has 2 unspecified atom stereocenters. The molecule has 0 N–H and O–H groups in total. The normalized spacial score (nSPS) is 29.6. The van der Waals surface area contributed by atoms with Gasteiger partial charge in [-0.1, -0.05) is 35.0 Å². The Morgan fingerprint density at radius 2 is 2.43 bits per heavy atom. The molecule has 1 fully saturated rings. The number of nitriles is 1. The van der Waals surface area contributed by atoms with E-state index >= 15 is 0 Å². The van der Waals surface area contributed by atoms with Crippen molar-refractivity contribution in [2.24, 2.45) is 0 Å². The minimum Gasteiger partial charge on any atom is -0.345 e. The summed E-state index contributed by atoms with van der Waals surface area (Å²) in [6, 6.07) is 10.1. The van der Waals surface area contributed by atoms with Crippen molar-refractivity contribution < 1.29 is 4.74 Å². The second-order valence-electron chi connectivity index (χ2n) is 3.38. The van der Waals surface area contributed by atoms with Gasteiger partial charge in [-0.15, -0.1) is 0 Å². The van der Waals surface area contributed by atoms with Gasteiger partial charge in [0.1, 0.15) is 5.60 Å². The van der Waals surface area contributed by atoms with E-state index in [4.69, 9.17) is 10.00 Å². The van der Waals surface area contributed by atoms with Crippen molar-refractivity contribution >= 4 is 15.9 Å². The van der Waals surface area contributed by atoms with Crippen LogP contribution in [0.1, 0.15) is 18.9 Å². The van der Waals surface area contributed by atoms with Gasteiger partial charge in [-0.05, 0) is 24.1 Å². The highest BCUT2D eigenvalue weighted by atomic mass is 79.9. The Morgan fingerprint density at radius 3 is 2.93 bits per heavy atom. The standard InChI is InChI=1S/C11H10BrNO/c1-2-11(10(7-13)14-11)8-4-3-5-9(12)6-8/h3-6,10H,2H2,1H3. The first kappa shape index (κ1) is 9.70. The first-order valence-electron chi connectivity index (χ1n) is 4.56. The molecule has 14 heavy (non-hydrogen) atoms. The van der Waals surface area contributed by atoms with Gasteiger partial charge in [0.15, 0.2) is 6.10 Å². The number of benzene rings is 1. The predicted molar refractivity (Wildman–Crippen MR) is 56.6 cm³/mol. The maximum absolute atomic E-state index is 8.82. The summed E-state index contributed by atoms with van der Waals surface area (Å²) in [6.07, 6.45) is 0.559. The molecule has 72 valence electrons. The molecular weight excluding hydrogens is 242 g/mol. The van der Waals surface area contributed by atoms with E-state index in [0.29, 0.717) is 0 Å². The van der Waals surface area contributed by atoms with Gasteiger partial charge in [0.05, 0.1) is 6.07 Å². The molecule has 0 aromatic heterocycles. The molecule has 1 saturated heterocycles. The van der Waals surface area contributed by atoms with Crippen molar-refractivity contribution in [2.75, 3.05) is 0 Å². The molecule has 0 amide bonds. The van der Waals surface area contributed by atoms with Crippen LogP contribution in [-0.2, 0) is 10.3 Å². The maximum atomic E-state index is 8.82. The van der Waals surface area contributed by atoms with Gasteiger partial charge < -0.3 is 4.74 Å². The van der Waals surface area contributed by atoms with E-state index in [2.05, 4.69) is 22.0 Å². The third kappa shape index (κ3) is 1.35. The van der Waals surface area contributed by atoms with Crippen molar-refractivity contribution in [3.05, 3.63) is 34.3 Å². The van der Waals surface area contributed by atoms with E-state index in [1.165, 1.54) is 0 Å². The van der Waals surface area contributed by atoms with Crippen molar-refractivity contribution in [1.82, 2.24) is 0 Å². The lowest BCUT2D eigenvalue weighted by molar-refractivity contribution is 0.295. The number of epoxide rings is 1. The van der Waals surface area contributed by atoms with Crippen LogP contribution in [-0.4, -0.2) is 6.10 Å². The fraction of sp³-hybridized carbons (Fsp3) is 0.364. The van der Waals surface area contributed by atoms with Gasteiger partial charge in [0.2, 0.25) is 0 Å². The predicted octanol–water partition coefficient (Wildman–Crippen LogP) is 2.98. The van der Waals surface area contributed by atoms with Crippen LogP contribution >= 0.6 is 15.9 Å². The summed E-state index contributed by atoms with van der Waals surface area (Å²) in [5.41, 5.74) is 0.736. The maximum Gasteiger partial charge on any atom is 0.178 e. The monoisotopic (exact) mass is 251 g/mol. The van der Waals surface area contributed by atoms with Gasteiger partial charge in [-0.25, -0.2) is 0 Å². The van der Waals surface area contributed by atoms with Crippen molar-refractivity contribution in [3.63, 3.8) is 0 Å². The van der Waals surface area contributed by atoms with Crippen molar-refractivity contribution in [2.45, 2.75) is 25.0 Å². The number of halogens is 1.